The Balaban J connectivity index is 0. The van der Waals surface area contributed by atoms with Crippen LogP contribution in [-0.2, 0) is 17.1 Å². The second-order valence-electron chi connectivity index (χ2n) is 0.247. The maximum atomic E-state index is 4.81. The normalized spacial score (nSPS) is 7.20. The summed E-state index contributed by atoms with van der Waals surface area (Å²) in [5.41, 5.74) is 0. The molecule has 5 heavy (non-hydrogen) atoms. The molecule has 0 aromatic carbocycles. The Kier molecular flexibility index (Phi) is 10.4. The molecule has 0 rings (SSSR count). The van der Waals surface area contributed by atoms with E-state index >= 15 is 0 Å². The number of halogens is 3. The number of alkyl halides is 3. The van der Waals surface area contributed by atoms with E-state index in [9.17, 15) is 0 Å². The Bertz CT molecular complexity index is 11.6. The Morgan fingerprint density at radius 3 is 1.00 bits per heavy atom. The fourth-order valence-corrected chi connectivity index (χ4v) is 0. The fraction of sp³-hybridized carbons (Fsp3) is 1.00. The summed E-state index contributed by atoms with van der Waals surface area (Å²) >= 11 is 14.4. The van der Waals surface area contributed by atoms with Crippen molar-refractivity contribution in [3.63, 3.8) is 0 Å². The van der Waals surface area contributed by atoms with Crippen molar-refractivity contribution < 1.29 is 17.1 Å². The Labute approximate surface area is 56.2 Å². The van der Waals surface area contributed by atoms with Crippen molar-refractivity contribution in [2.24, 2.45) is 0 Å². The van der Waals surface area contributed by atoms with Crippen LogP contribution in [0, 0.1) is 0 Å². The molecule has 0 atom stereocenters. The van der Waals surface area contributed by atoms with Gasteiger partial charge in [-0.05, 0) is 0 Å². The van der Waals surface area contributed by atoms with E-state index in [1.807, 2.05) is 0 Å². The van der Waals surface area contributed by atoms with Gasteiger partial charge in [-0.15, -0.1) is 0 Å². The molecule has 0 aliphatic heterocycles. The van der Waals surface area contributed by atoms with Crippen molar-refractivity contribution in [1.29, 1.82) is 0 Å². The molecule has 0 bridgehead atoms. The number of hydrogen-bond donors (Lipinski definition) is 0. The molecule has 0 heterocycles. The van der Waals surface area contributed by atoms with E-state index in [0.717, 1.165) is 0 Å². The molecule has 0 N–H and O–H groups in total. The molecule has 0 nitrogen and oxygen atoms in total. The van der Waals surface area contributed by atoms with E-state index < -0.39 is 4.30 Å². The molecule has 33 valence electrons. The van der Waals surface area contributed by atoms with Crippen LogP contribution >= 0.6 is 34.8 Å². The van der Waals surface area contributed by atoms with Crippen LogP contribution in [0.5, 0.6) is 0 Å². The average molecular weight is 174 g/mol. The average Bonchev–Trinajstić information content (AvgIpc) is 0.811. The Morgan fingerprint density at radius 2 is 1.00 bits per heavy atom. The molecular formula is CHCl3Mn. The van der Waals surface area contributed by atoms with E-state index in [2.05, 4.69) is 0 Å². The van der Waals surface area contributed by atoms with Crippen molar-refractivity contribution in [3.05, 3.63) is 0 Å². The third-order valence-electron chi connectivity index (χ3n) is 0. The van der Waals surface area contributed by atoms with Crippen LogP contribution in [-0.4, -0.2) is 4.30 Å². The third-order valence-corrected chi connectivity index (χ3v) is 0. The third kappa shape index (κ3) is 32.1. The monoisotopic (exact) mass is 173 g/mol. The first-order chi connectivity index (χ1) is 1.73. The smallest absolute Gasteiger partial charge is 0.0874 e. The molecule has 0 aromatic rings. The van der Waals surface area contributed by atoms with Crippen molar-refractivity contribution in [3.8, 4) is 0 Å². The van der Waals surface area contributed by atoms with Gasteiger partial charge in [0.05, 0.1) is 0 Å². The van der Waals surface area contributed by atoms with Gasteiger partial charge in [-0.3, -0.25) is 0 Å². The second kappa shape index (κ2) is 5.39. The van der Waals surface area contributed by atoms with E-state index in [-0.39, 0.29) is 17.1 Å². The quantitative estimate of drug-likeness (QED) is 0.389. The van der Waals surface area contributed by atoms with Crippen molar-refractivity contribution in [2.75, 3.05) is 0 Å². The van der Waals surface area contributed by atoms with Gasteiger partial charge in [-0.2, -0.15) is 0 Å². The Hall–Kier alpha value is 1.39. The topological polar surface area (TPSA) is 0 Å². The van der Waals surface area contributed by atoms with Gasteiger partial charge in [0, 0.05) is 17.1 Å². The van der Waals surface area contributed by atoms with Crippen molar-refractivity contribution in [2.45, 2.75) is 4.30 Å². The zero-order chi connectivity index (χ0) is 3.58. The molecule has 0 amide bonds. The zero-order valence-corrected chi connectivity index (χ0v) is 5.54. The van der Waals surface area contributed by atoms with E-state index in [1.54, 1.807) is 0 Å². The second-order valence-corrected chi connectivity index (χ2v) is 2.23. The van der Waals surface area contributed by atoms with Gasteiger partial charge < -0.3 is 0 Å². The van der Waals surface area contributed by atoms with Crippen molar-refractivity contribution >= 4 is 34.8 Å². The molecule has 0 aromatic heterocycles. The van der Waals surface area contributed by atoms with Gasteiger partial charge >= 0.3 is 0 Å². The summed E-state index contributed by atoms with van der Waals surface area (Å²) in [6, 6.07) is 0. The predicted octanol–water partition coefficient (Wildman–Crippen LogP) is 1.98. The molecular weight excluding hydrogens is 173 g/mol. The van der Waals surface area contributed by atoms with Crippen LogP contribution in [0.4, 0.5) is 0 Å². The molecule has 4 heteroatoms. The maximum absolute atomic E-state index is 4.81. The van der Waals surface area contributed by atoms with E-state index in [0.29, 0.717) is 0 Å². The minimum Gasteiger partial charge on any atom is -0.0874 e. The number of rotatable bonds is 0. The number of hydrogen-bond acceptors (Lipinski definition) is 0. The molecule has 0 saturated carbocycles. The maximum Gasteiger partial charge on any atom is 0.180 e. The van der Waals surface area contributed by atoms with Gasteiger partial charge in [0.25, 0.3) is 0 Å². The minimum atomic E-state index is -0.750. The molecule has 0 aliphatic carbocycles. The molecule has 0 aliphatic rings. The largest absolute Gasteiger partial charge is 0.180 e. The summed E-state index contributed by atoms with van der Waals surface area (Å²) in [6.07, 6.45) is 0. The van der Waals surface area contributed by atoms with Crippen LogP contribution in [0.1, 0.15) is 0 Å². The molecule has 0 unspecified atom stereocenters. The van der Waals surface area contributed by atoms with Crippen LogP contribution in [0.3, 0.4) is 0 Å². The molecule has 0 fully saturated rings. The summed E-state index contributed by atoms with van der Waals surface area (Å²) in [5, 5.41) is 0. The van der Waals surface area contributed by atoms with Gasteiger partial charge in [0.2, 0.25) is 0 Å². The van der Waals surface area contributed by atoms with Crippen LogP contribution in [0.2, 0.25) is 0 Å². The molecule has 1 radical (unpaired) electrons. The Morgan fingerprint density at radius 1 is 1.00 bits per heavy atom. The summed E-state index contributed by atoms with van der Waals surface area (Å²) in [7, 11) is 0. The summed E-state index contributed by atoms with van der Waals surface area (Å²) < 4.78 is -0.750. The standard InChI is InChI=1S/CHCl3.Mn/c2-1(3)4;/h1H;. The summed E-state index contributed by atoms with van der Waals surface area (Å²) in [6.45, 7) is 0. The van der Waals surface area contributed by atoms with Crippen LogP contribution in [0.15, 0.2) is 0 Å². The van der Waals surface area contributed by atoms with Crippen LogP contribution < -0.4 is 0 Å². The first-order valence-electron chi connectivity index (χ1n) is 0.655. The van der Waals surface area contributed by atoms with Gasteiger partial charge in [0.15, 0.2) is 4.30 Å². The first kappa shape index (κ1) is 9.63. The SMILES string of the molecule is ClC(Cl)Cl.[Mn]. The van der Waals surface area contributed by atoms with Gasteiger partial charge in [-0.1, -0.05) is 34.8 Å². The predicted molar refractivity (Wildman–Crippen MR) is 21.3 cm³/mol. The summed E-state index contributed by atoms with van der Waals surface area (Å²) in [5.74, 6) is 0. The summed E-state index contributed by atoms with van der Waals surface area (Å²) in [4.78, 5) is 0. The molecule has 0 spiro atoms. The van der Waals surface area contributed by atoms with E-state index in [1.165, 1.54) is 0 Å². The minimum absolute atomic E-state index is 0. The zero-order valence-electron chi connectivity index (χ0n) is 2.09. The van der Waals surface area contributed by atoms with Gasteiger partial charge in [-0.25, -0.2) is 0 Å². The van der Waals surface area contributed by atoms with Gasteiger partial charge in [0.1, 0.15) is 0 Å². The van der Waals surface area contributed by atoms with Crippen LogP contribution in [0.25, 0.3) is 0 Å². The fourth-order valence-electron chi connectivity index (χ4n) is 0. The van der Waals surface area contributed by atoms with Crippen molar-refractivity contribution in [1.82, 2.24) is 0 Å². The molecule has 0 saturated heterocycles. The van der Waals surface area contributed by atoms with E-state index in [4.69, 9.17) is 34.8 Å². The first-order valence-corrected chi connectivity index (χ1v) is 1.96.